The normalized spacial score (nSPS) is 9.63. The highest BCUT2D eigenvalue weighted by Gasteiger charge is 2.12. The molecule has 1 aromatic carbocycles. The molecular weight excluding hydrogens is 242 g/mol. The maximum absolute atomic E-state index is 9.06. The van der Waals surface area contributed by atoms with E-state index in [4.69, 9.17) is 21.0 Å². The van der Waals surface area contributed by atoms with Gasteiger partial charge in [0, 0.05) is 11.3 Å². The van der Waals surface area contributed by atoms with Crippen LogP contribution in [0.15, 0.2) is 24.5 Å². The van der Waals surface area contributed by atoms with Gasteiger partial charge in [0.05, 0.1) is 20.0 Å². The summed E-state index contributed by atoms with van der Waals surface area (Å²) >= 11 is 0. The average Bonchev–Trinajstić information content (AvgIpc) is 2.81. The Morgan fingerprint density at radius 2 is 2.16 bits per heavy atom. The fourth-order valence-corrected chi connectivity index (χ4v) is 1.81. The number of methoxy groups -OCH3 is 1. The molecule has 6 heteroatoms. The van der Waals surface area contributed by atoms with Gasteiger partial charge in [0.15, 0.2) is 11.4 Å². The zero-order chi connectivity index (χ0) is 13.8. The molecule has 0 saturated carbocycles. The summed E-state index contributed by atoms with van der Waals surface area (Å²) in [6.45, 7) is 0.367. The third-order valence-corrected chi connectivity index (χ3v) is 2.69. The molecule has 19 heavy (non-hydrogen) atoms. The van der Waals surface area contributed by atoms with Gasteiger partial charge in [-0.3, -0.25) is 0 Å². The monoisotopic (exact) mass is 253 g/mol. The number of rotatable bonds is 3. The lowest BCUT2D eigenvalue weighted by Gasteiger charge is -2.10. The largest absolute Gasteiger partial charge is 0.496 e. The standard InChI is InChI=1S/C13H11N5O/c1-19-13-3-2-10(16)4-9(13)7-18-8-17-11(5-14)12(18)6-15/h2-4,8H,7,16H2,1H3. The third kappa shape index (κ3) is 2.33. The summed E-state index contributed by atoms with van der Waals surface area (Å²) in [5, 5.41) is 17.9. The quantitative estimate of drug-likeness (QED) is 0.830. The molecule has 0 unspecified atom stereocenters. The summed E-state index contributed by atoms with van der Waals surface area (Å²) in [4.78, 5) is 3.89. The van der Waals surface area contributed by atoms with Gasteiger partial charge in [-0.25, -0.2) is 4.98 Å². The molecule has 0 atom stereocenters. The van der Waals surface area contributed by atoms with Gasteiger partial charge >= 0.3 is 0 Å². The predicted molar refractivity (Wildman–Crippen MR) is 68.2 cm³/mol. The summed E-state index contributed by atoms with van der Waals surface area (Å²) in [5.41, 5.74) is 7.51. The number of nitrogen functional groups attached to an aromatic ring is 1. The molecule has 0 aliphatic rings. The zero-order valence-corrected chi connectivity index (χ0v) is 10.3. The fraction of sp³-hybridized carbons (Fsp3) is 0.154. The molecule has 0 radical (unpaired) electrons. The summed E-state index contributed by atoms with van der Waals surface area (Å²) in [6, 6.07) is 9.13. The Morgan fingerprint density at radius 1 is 1.37 bits per heavy atom. The maximum Gasteiger partial charge on any atom is 0.176 e. The maximum atomic E-state index is 9.06. The van der Waals surface area contributed by atoms with E-state index in [0.717, 1.165) is 5.56 Å². The number of anilines is 1. The summed E-state index contributed by atoms with van der Waals surface area (Å²) in [6.07, 6.45) is 1.46. The van der Waals surface area contributed by atoms with Gasteiger partial charge in [0.2, 0.25) is 0 Å². The van der Waals surface area contributed by atoms with Crippen molar-refractivity contribution in [1.82, 2.24) is 9.55 Å². The number of nitriles is 2. The van der Waals surface area contributed by atoms with Crippen LogP contribution in [-0.2, 0) is 6.54 Å². The van der Waals surface area contributed by atoms with Gasteiger partial charge in [0.25, 0.3) is 0 Å². The van der Waals surface area contributed by atoms with E-state index >= 15 is 0 Å². The van der Waals surface area contributed by atoms with Crippen molar-refractivity contribution in [1.29, 1.82) is 10.5 Å². The minimum atomic E-state index is 0.116. The number of hydrogen-bond donors (Lipinski definition) is 1. The first-order valence-corrected chi connectivity index (χ1v) is 5.47. The van der Waals surface area contributed by atoms with E-state index < -0.39 is 0 Å². The van der Waals surface area contributed by atoms with Crippen LogP contribution in [0.3, 0.4) is 0 Å². The topological polar surface area (TPSA) is 101 Å². The Morgan fingerprint density at radius 3 is 2.79 bits per heavy atom. The van der Waals surface area contributed by atoms with E-state index in [1.165, 1.54) is 6.33 Å². The lowest BCUT2D eigenvalue weighted by molar-refractivity contribution is 0.408. The van der Waals surface area contributed by atoms with Crippen molar-refractivity contribution in [2.45, 2.75) is 6.54 Å². The van der Waals surface area contributed by atoms with Crippen molar-refractivity contribution in [3.63, 3.8) is 0 Å². The number of nitrogens with two attached hydrogens (primary N) is 1. The van der Waals surface area contributed by atoms with Crippen LogP contribution < -0.4 is 10.5 Å². The van der Waals surface area contributed by atoms with Gasteiger partial charge < -0.3 is 15.0 Å². The second-order valence-corrected chi connectivity index (χ2v) is 3.86. The average molecular weight is 253 g/mol. The number of aromatic nitrogens is 2. The van der Waals surface area contributed by atoms with E-state index in [1.54, 1.807) is 29.9 Å². The van der Waals surface area contributed by atoms with Crippen molar-refractivity contribution in [3.8, 4) is 17.9 Å². The van der Waals surface area contributed by atoms with Crippen LogP contribution >= 0.6 is 0 Å². The van der Waals surface area contributed by atoms with Crippen LogP contribution in [0.25, 0.3) is 0 Å². The molecule has 0 bridgehead atoms. The predicted octanol–water partition coefficient (Wildman–Crippen LogP) is 1.27. The Kier molecular flexibility index (Phi) is 3.35. The molecule has 0 aliphatic heterocycles. The zero-order valence-electron chi connectivity index (χ0n) is 10.3. The molecule has 94 valence electrons. The molecular formula is C13H11N5O. The second kappa shape index (κ2) is 5.11. The molecule has 0 fully saturated rings. The summed E-state index contributed by atoms with van der Waals surface area (Å²) < 4.78 is 6.84. The summed E-state index contributed by atoms with van der Waals surface area (Å²) in [7, 11) is 1.56. The SMILES string of the molecule is COc1ccc(N)cc1Cn1cnc(C#N)c1C#N. The smallest absolute Gasteiger partial charge is 0.176 e. The van der Waals surface area contributed by atoms with Crippen molar-refractivity contribution in [2.75, 3.05) is 12.8 Å². The first-order valence-electron chi connectivity index (χ1n) is 5.47. The number of imidazole rings is 1. The van der Waals surface area contributed by atoms with Crippen molar-refractivity contribution < 1.29 is 4.74 Å². The molecule has 2 aromatic rings. The Balaban J connectivity index is 2.42. The van der Waals surface area contributed by atoms with Gasteiger partial charge in [0.1, 0.15) is 17.9 Å². The summed E-state index contributed by atoms with van der Waals surface area (Å²) in [5.74, 6) is 0.672. The second-order valence-electron chi connectivity index (χ2n) is 3.86. The Labute approximate surface area is 110 Å². The van der Waals surface area contributed by atoms with Crippen LogP contribution in [0.5, 0.6) is 5.75 Å². The van der Waals surface area contributed by atoms with Crippen LogP contribution in [-0.4, -0.2) is 16.7 Å². The molecule has 2 N–H and O–H groups in total. The van der Waals surface area contributed by atoms with E-state index in [9.17, 15) is 0 Å². The highest BCUT2D eigenvalue weighted by Crippen LogP contribution is 2.22. The number of ether oxygens (including phenoxy) is 1. The minimum absolute atomic E-state index is 0.116. The number of benzene rings is 1. The third-order valence-electron chi connectivity index (χ3n) is 2.69. The molecule has 1 aromatic heterocycles. The number of hydrogen-bond acceptors (Lipinski definition) is 5. The first kappa shape index (κ1) is 12.5. The van der Waals surface area contributed by atoms with Crippen molar-refractivity contribution in [2.24, 2.45) is 0 Å². The molecule has 0 aliphatic carbocycles. The highest BCUT2D eigenvalue weighted by molar-refractivity contribution is 5.48. The lowest BCUT2D eigenvalue weighted by Crippen LogP contribution is -2.04. The molecule has 6 nitrogen and oxygen atoms in total. The molecule has 0 saturated heterocycles. The van der Waals surface area contributed by atoms with Crippen LogP contribution in [0, 0.1) is 22.7 Å². The van der Waals surface area contributed by atoms with Gasteiger partial charge in [-0.2, -0.15) is 10.5 Å². The fourth-order valence-electron chi connectivity index (χ4n) is 1.81. The molecule has 0 amide bonds. The van der Waals surface area contributed by atoms with Crippen LogP contribution in [0.1, 0.15) is 17.0 Å². The van der Waals surface area contributed by atoms with Crippen molar-refractivity contribution in [3.05, 3.63) is 41.5 Å². The van der Waals surface area contributed by atoms with E-state index in [1.807, 2.05) is 12.1 Å². The van der Waals surface area contributed by atoms with E-state index in [0.29, 0.717) is 18.0 Å². The van der Waals surface area contributed by atoms with Gasteiger partial charge in [-0.1, -0.05) is 0 Å². The Bertz CT molecular complexity index is 690. The van der Waals surface area contributed by atoms with E-state index in [2.05, 4.69) is 4.98 Å². The van der Waals surface area contributed by atoms with Crippen LogP contribution in [0.2, 0.25) is 0 Å². The molecule has 0 spiro atoms. The molecule has 1 heterocycles. The minimum Gasteiger partial charge on any atom is -0.496 e. The first-order chi connectivity index (χ1) is 9.19. The molecule has 2 rings (SSSR count). The van der Waals surface area contributed by atoms with E-state index in [-0.39, 0.29) is 11.4 Å². The van der Waals surface area contributed by atoms with Gasteiger partial charge in [-0.15, -0.1) is 0 Å². The van der Waals surface area contributed by atoms with Crippen LogP contribution in [0.4, 0.5) is 5.69 Å². The highest BCUT2D eigenvalue weighted by atomic mass is 16.5. The lowest BCUT2D eigenvalue weighted by atomic mass is 10.1. The number of nitrogens with zero attached hydrogens (tertiary/aromatic N) is 4. The van der Waals surface area contributed by atoms with Crippen molar-refractivity contribution >= 4 is 5.69 Å². The Hall–Kier alpha value is -2.99. The van der Waals surface area contributed by atoms with Gasteiger partial charge in [-0.05, 0) is 18.2 Å².